The molecule has 9 heteroatoms. The van der Waals surface area contributed by atoms with Gasteiger partial charge in [0.05, 0.1) is 17.2 Å². The predicted molar refractivity (Wildman–Crippen MR) is 130 cm³/mol. The lowest BCUT2D eigenvalue weighted by Crippen LogP contribution is -2.37. The Morgan fingerprint density at radius 3 is 2.43 bits per heavy atom. The summed E-state index contributed by atoms with van der Waals surface area (Å²) in [5.74, 6) is -2.11. The number of hydrogen-bond donors (Lipinski definition) is 2. The summed E-state index contributed by atoms with van der Waals surface area (Å²) in [6, 6.07) is 9.61. The number of hydrogen-bond acceptors (Lipinski definition) is 3. The Kier molecular flexibility index (Phi) is 7.75. The Hall–Kier alpha value is -3.93. The number of benzene rings is 2. The number of carbonyl (C=O) groups is 1. The number of nitrogens with zero attached hydrogens (tertiary/aromatic N) is 3. The van der Waals surface area contributed by atoms with Crippen molar-refractivity contribution >= 4 is 30.0 Å². The van der Waals surface area contributed by atoms with E-state index >= 15 is 0 Å². The topological polar surface area (TPSA) is 104 Å². The van der Waals surface area contributed by atoms with Gasteiger partial charge in [-0.1, -0.05) is 30.4 Å². The minimum atomic E-state index is -4.47. The monoisotopic (exact) mass is 481 g/mol. The molecule has 0 saturated heterocycles. The Morgan fingerprint density at radius 2 is 1.86 bits per heavy atom. The van der Waals surface area contributed by atoms with E-state index in [4.69, 9.17) is 5.73 Å². The Labute approximate surface area is 202 Å². The zero-order chi connectivity index (χ0) is 25.8. The third kappa shape index (κ3) is 6.79. The molecule has 1 unspecified atom stereocenters. The summed E-state index contributed by atoms with van der Waals surface area (Å²) >= 11 is 0. The molecule has 0 radical (unpaired) electrons. The molecule has 1 aliphatic rings. The summed E-state index contributed by atoms with van der Waals surface area (Å²) in [5, 5.41) is 11.9. The van der Waals surface area contributed by atoms with E-state index in [1.165, 1.54) is 18.2 Å². The third-order valence-electron chi connectivity index (χ3n) is 5.88. The van der Waals surface area contributed by atoms with Crippen molar-refractivity contribution in [3.8, 4) is 6.07 Å². The fraction of sp³-hybridized carbons (Fsp3) is 0.308. The lowest BCUT2D eigenvalue weighted by molar-refractivity contribution is -0.139. The zero-order valence-electron chi connectivity index (χ0n) is 19.6. The first-order valence-corrected chi connectivity index (χ1v) is 11.0. The molecule has 1 fully saturated rings. The lowest BCUT2D eigenvalue weighted by atomic mass is 9.91. The lowest BCUT2D eigenvalue weighted by Gasteiger charge is -2.19. The van der Waals surface area contributed by atoms with E-state index in [9.17, 15) is 23.2 Å². The summed E-state index contributed by atoms with van der Waals surface area (Å²) in [6.45, 7) is 5.46. The first-order chi connectivity index (χ1) is 16.5. The molecule has 0 heterocycles. The van der Waals surface area contributed by atoms with E-state index in [0.717, 1.165) is 41.9 Å². The van der Waals surface area contributed by atoms with E-state index in [-0.39, 0.29) is 34.6 Å². The van der Waals surface area contributed by atoms with Crippen LogP contribution in [0.2, 0.25) is 0 Å². The van der Waals surface area contributed by atoms with Crippen LogP contribution < -0.4 is 11.1 Å². The van der Waals surface area contributed by atoms with E-state index in [1.54, 1.807) is 32.0 Å². The number of nitriles is 1. The molecule has 1 aliphatic carbocycles. The molecule has 35 heavy (non-hydrogen) atoms. The van der Waals surface area contributed by atoms with Gasteiger partial charge in [-0.3, -0.25) is 10.1 Å². The van der Waals surface area contributed by atoms with Crippen molar-refractivity contribution in [3.63, 3.8) is 0 Å². The normalized spacial score (nSPS) is 15.4. The fourth-order valence-electron chi connectivity index (χ4n) is 3.48. The molecule has 0 aromatic heterocycles. The Bertz CT molecular complexity index is 1230. The smallest absolute Gasteiger partial charge is 0.369 e. The molecule has 2 aromatic carbocycles. The van der Waals surface area contributed by atoms with Crippen molar-refractivity contribution < 1.29 is 18.0 Å². The standard InChI is InChI=1S/C26H26F3N5O/c1-15-10-20(11-16(2)17(15)3)22(26(27,28)29)8-4-18-5-9-23(21(12-18)13-30)32-14-33-25(31)34-24(35)19-6-7-19/h4-5,8-12,14,19,22H,6-7H2,1-3H3,(H3,31,32,33,34,35)/b8-4+. The first kappa shape index (κ1) is 25.7. The van der Waals surface area contributed by atoms with Gasteiger partial charge in [0.15, 0.2) is 0 Å². The van der Waals surface area contributed by atoms with E-state index < -0.39 is 12.1 Å². The average Bonchev–Trinajstić information content (AvgIpc) is 3.63. The van der Waals surface area contributed by atoms with Crippen LogP contribution in [0.4, 0.5) is 18.9 Å². The molecule has 3 N–H and O–H groups in total. The average molecular weight is 482 g/mol. The maximum Gasteiger partial charge on any atom is 0.399 e. The van der Waals surface area contributed by atoms with Crippen LogP contribution in [0.15, 0.2) is 46.4 Å². The molecule has 6 nitrogen and oxygen atoms in total. The fourth-order valence-corrected chi connectivity index (χ4v) is 3.48. The Balaban J connectivity index is 1.80. The number of carbonyl (C=O) groups excluding carboxylic acids is 1. The van der Waals surface area contributed by atoms with E-state index in [2.05, 4.69) is 15.3 Å². The highest BCUT2D eigenvalue weighted by Crippen LogP contribution is 2.38. The van der Waals surface area contributed by atoms with E-state index in [0.29, 0.717) is 5.56 Å². The third-order valence-corrected chi connectivity index (χ3v) is 5.88. The Morgan fingerprint density at radius 1 is 1.20 bits per heavy atom. The molecule has 3 rings (SSSR count). The number of nitrogens with two attached hydrogens (primary N) is 1. The molecule has 0 aliphatic heterocycles. The number of aryl methyl sites for hydroxylation is 2. The minimum absolute atomic E-state index is 0.0255. The quantitative estimate of drug-likeness (QED) is 0.430. The van der Waals surface area contributed by atoms with Gasteiger partial charge in [-0.05, 0) is 73.6 Å². The van der Waals surface area contributed by atoms with Gasteiger partial charge in [0.25, 0.3) is 0 Å². The summed E-state index contributed by atoms with van der Waals surface area (Å²) in [5.41, 5.74) is 9.22. The van der Waals surface area contributed by atoms with E-state index in [1.807, 2.05) is 13.0 Å². The van der Waals surface area contributed by atoms with Crippen LogP contribution in [0.5, 0.6) is 0 Å². The number of allylic oxidation sites excluding steroid dienone is 1. The van der Waals surface area contributed by atoms with Crippen LogP contribution in [-0.4, -0.2) is 24.4 Å². The molecule has 0 bridgehead atoms. The minimum Gasteiger partial charge on any atom is -0.369 e. The highest BCUT2D eigenvalue weighted by molar-refractivity contribution is 6.00. The summed E-state index contributed by atoms with van der Waals surface area (Å²) < 4.78 is 41.5. The van der Waals surface area contributed by atoms with Crippen molar-refractivity contribution in [1.82, 2.24) is 5.32 Å². The molecule has 1 amide bonds. The zero-order valence-corrected chi connectivity index (χ0v) is 19.6. The van der Waals surface area contributed by atoms with Crippen molar-refractivity contribution in [2.24, 2.45) is 21.6 Å². The van der Waals surface area contributed by atoms with Gasteiger partial charge in [0, 0.05) is 5.92 Å². The van der Waals surface area contributed by atoms with Crippen molar-refractivity contribution in [2.75, 3.05) is 0 Å². The number of guanidine groups is 1. The predicted octanol–water partition coefficient (Wildman–Crippen LogP) is 5.34. The molecule has 182 valence electrons. The SMILES string of the molecule is Cc1cc(C(/C=C/c2ccc(N=CN=C(N)NC(=O)C3CC3)c(C#N)c2)C(F)(F)F)cc(C)c1C. The highest BCUT2D eigenvalue weighted by Gasteiger charge is 2.39. The van der Waals surface area contributed by atoms with Gasteiger partial charge in [0.2, 0.25) is 11.9 Å². The first-order valence-electron chi connectivity index (χ1n) is 11.0. The summed E-state index contributed by atoms with van der Waals surface area (Å²) in [4.78, 5) is 19.6. The van der Waals surface area contributed by atoms with Crippen LogP contribution >= 0.6 is 0 Å². The van der Waals surface area contributed by atoms with Crippen LogP contribution in [0.3, 0.4) is 0 Å². The van der Waals surface area contributed by atoms with Crippen LogP contribution in [0, 0.1) is 38.0 Å². The number of rotatable bonds is 6. The molecular weight excluding hydrogens is 455 g/mol. The highest BCUT2D eigenvalue weighted by atomic mass is 19.4. The maximum atomic E-state index is 13.8. The molecule has 1 atom stereocenters. The molecular formula is C26H26F3N5O. The largest absolute Gasteiger partial charge is 0.399 e. The van der Waals surface area contributed by atoms with Gasteiger partial charge in [0.1, 0.15) is 12.4 Å². The second-order valence-electron chi connectivity index (χ2n) is 8.57. The summed E-state index contributed by atoms with van der Waals surface area (Å²) in [7, 11) is 0. The number of alkyl halides is 3. The number of halogens is 3. The van der Waals surface area contributed by atoms with Crippen molar-refractivity contribution in [1.29, 1.82) is 5.26 Å². The van der Waals surface area contributed by atoms with Crippen LogP contribution in [0.25, 0.3) is 6.08 Å². The number of aliphatic imine (C=N–C) groups is 2. The second-order valence-corrected chi connectivity index (χ2v) is 8.57. The number of nitrogens with one attached hydrogen (secondary N) is 1. The molecule has 0 spiro atoms. The second kappa shape index (κ2) is 10.6. The maximum absolute atomic E-state index is 13.8. The molecule has 2 aromatic rings. The number of amides is 1. The van der Waals surface area contributed by atoms with Crippen molar-refractivity contribution in [3.05, 3.63) is 69.8 Å². The van der Waals surface area contributed by atoms with Gasteiger partial charge in [-0.15, -0.1) is 0 Å². The van der Waals surface area contributed by atoms with Gasteiger partial charge >= 0.3 is 6.18 Å². The summed E-state index contributed by atoms with van der Waals surface area (Å²) in [6.07, 6.45) is 0.730. The van der Waals surface area contributed by atoms with Crippen LogP contribution in [-0.2, 0) is 4.79 Å². The van der Waals surface area contributed by atoms with Gasteiger partial charge in [-0.25, -0.2) is 9.98 Å². The molecule has 1 saturated carbocycles. The van der Waals surface area contributed by atoms with Crippen molar-refractivity contribution in [2.45, 2.75) is 45.7 Å². The van der Waals surface area contributed by atoms with Gasteiger partial charge in [-0.2, -0.15) is 18.4 Å². The van der Waals surface area contributed by atoms with Gasteiger partial charge < -0.3 is 5.73 Å². The van der Waals surface area contributed by atoms with Crippen LogP contribution in [0.1, 0.15) is 52.1 Å².